The lowest BCUT2D eigenvalue weighted by Gasteiger charge is -2.25. The second kappa shape index (κ2) is 11.8. The maximum Gasteiger partial charge on any atom is 0.490 e. The third-order valence-corrected chi connectivity index (χ3v) is 8.84. The van der Waals surface area contributed by atoms with Crippen LogP contribution < -0.4 is 4.74 Å². The number of amides is 1. The summed E-state index contributed by atoms with van der Waals surface area (Å²) in [6, 6.07) is 13.8. The number of alkyl halides is 3. The van der Waals surface area contributed by atoms with Crippen molar-refractivity contribution in [2.75, 3.05) is 12.8 Å². The number of benzene rings is 2. The molecule has 230 valence electrons. The molecular formula is C28H24F3N5O6S2. The number of nitrogens with one attached hydrogen (secondary N) is 1. The number of halogens is 3. The highest BCUT2D eigenvalue weighted by Gasteiger charge is 2.38. The molecule has 1 aliphatic rings. The van der Waals surface area contributed by atoms with Gasteiger partial charge in [0.25, 0.3) is 0 Å². The number of aromatic nitrogens is 4. The molecule has 1 saturated heterocycles. The summed E-state index contributed by atoms with van der Waals surface area (Å²) in [6.45, 7) is 2.27. The summed E-state index contributed by atoms with van der Waals surface area (Å²) in [5, 5.41) is 7.86. The Balaban J connectivity index is 0.000000493. The van der Waals surface area contributed by atoms with E-state index in [9.17, 15) is 26.4 Å². The molecule has 0 bridgehead atoms. The van der Waals surface area contributed by atoms with Crippen LogP contribution in [0.3, 0.4) is 0 Å². The van der Waals surface area contributed by atoms with E-state index >= 15 is 0 Å². The number of fused-ring (bicyclic) bond motifs is 2. The van der Waals surface area contributed by atoms with Crippen LogP contribution in [0.1, 0.15) is 31.4 Å². The minimum absolute atomic E-state index is 0.0123. The van der Waals surface area contributed by atoms with Crippen LogP contribution in [0.4, 0.5) is 13.2 Å². The molecule has 1 amide bonds. The van der Waals surface area contributed by atoms with Gasteiger partial charge in [0.15, 0.2) is 20.7 Å². The van der Waals surface area contributed by atoms with E-state index in [0.29, 0.717) is 29.4 Å². The average Bonchev–Trinajstić information content (AvgIpc) is 3.70. The molecule has 2 aromatic carbocycles. The molecule has 0 spiro atoms. The van der Waals surface area contributed by atoms with Gasteiger partial charge in [-0.05, 0) is 55.3 Å². The summed E-state index contributed by atoms with van der Waals surface area (Å²) < 4.78 is 61.7. The number of nitrogens with zero attached hydrogens (tertiary/aromatic N) is 4. The molecule has 0 saturated carbocycles. The first-order valence-corrected chi connectivity index (χ1v) is 15.7. The number of aliphatic carboxylic acids is 1. The smallest absolute Gasteiger partial charge is 0.475 e. The number of carboxylic acids is 1. The van der Waals surface area contributed by atoms with Crippen LogP contribution in [0, 0.1) is 0 Å². The number of thiazole rings is 1. The van der Waals surface area contributed by atoms with Gasteiger partial charge in [-0.3, -0.25) is 4.79 Å². The SMILES string of the molecule is CC(=O)N1CCCC1c1cc2[nH]c(-c3nc4cccnc4s3)nc2cc1Oc1ccc(S(C)(=O)=O)cc1.O=C(O)C(F)(F)F. The fourth-order valence-corrected chi connectivity index (χ4v) is 6.21. The zero-order valence-electron chi connectivity index (χ0n) is 23.1. The Morgan fingerprint density at radius 1 is 1.11 bits per heavy atom. The van der Waals surface area contributed by atoms with E-state index in [4.69, 9.17) is 19.6 Å². The van der Waals surface area contributed by atoms with Gasteiger partial charge in [0, 0.05) is 37.6 Å². The fraction of sp³-hybridized carbons (Fsp3) is 0.250. The van der Waals surface area contributed by atoms with Gasteiger partial charge in [0.2, 0.25) is 5.91 Å². The van der Waals surface area contributed by atoms with Gasteiger partial charge in [-0.2, -0.15) is 13.2 Å². The van der Waals surface area contributed by atoms with Crippen molar-refractivity contribution < 1.29 is 41.0 Å². The van der Waals surface area contributed by atoms with E-state index in [2.05, 4.69) is 15.0 Å². The molecule has 0 radical (unpaired) electrons. The molecule has 4 heterocycles. The molecule has 5 aromatic rings. The standard InChI is InChI=1S/C26H23N5O4S2.C2HF3O2/c1-15(32)31-12-4-6-22(31)18-13-20-21(14-23(18)35-16-7-9-17(10-8-16)37(2,33)34)29-24(28-20)26-30-19-5-3-11-27-25(19)36-26;3-2(4,5)1(6)7/h3,5,7-11,13-14,22H,4,6,12H2,1-2H3,(H,28,29);(H,6,7). The molecule has 1 fully saturated rings. The van der Waals surface area contributed by atoms with Crippen LogP contribution in [0.15, 0.2) is 59.6 Å². The Labute approximate surface area is 252 Å². The number of hydrogen-bond donors (Lipinski definition) is 2. The van der Waals surface area contributed by atoms with Crippen LogP contribution in [0.5, 0.6) is 11.5 Å². The van der Waals surface area contributed by atoms with E-state index in [1.54, 1.807) is 25.3 Å². The number of carboxylic acid groups (broad SMARTS) is 1. The lowest BCUT2D eigenvalue weighted by atomic mass is 10.0. The molecule has 1 aliphatic heterocycles. The van der Waals surface area contributed by atoms with E-state index in [0.717, 1.165) is 39.3 Å². The maximum absolute atomic E-state index is 12.4. The number of sulfone groups is 1. The number of imidazole rings is 1. The van der Waals surface area contributed by atoms with Crippen molar-refractivity contribution in [3.63, 3.8) is 0 Å². The topological polar surface area (TPSA) is 155 Å². The zero-order chi connectivity index (χ0) is 31.8. The number of carbonyl (C=O) groups excluding carboxylic acids is 1. The van der Waals surface area contributed by atoms with Crippen molar-refractivity contribution in [1.82, 2.24) is 24.8 Å². The summed E-state index contributed by atoms with van der Waals surface area (Å²) in [7, 11) is -3.32. The first kappa shape index (κ1) is 30.9. The lowest BCUT2D eigenvalue weighted by molar-refractivity contribution is -0.192. The van der Waals surface area contributed by atoms with Crippen molar-refractivity contribution in [3.05, 3.63) is 60.3 Å². The molecule has 2 N–H and O–H groups in total. The van der Waals surface area contributed by atoms with Crippen LogP contribution in [0.25, 0.3) is 32.2 Å². The molecule has 3 aromatic heterocycles. The number of likely N-dealkylation sites (tertiary alicyclic amines) is 1. The highest BCUT2D eigenvalue weighted by molar-refractivity contribution is 7.90. The Morgan fingerprint density at radius 3 is 2.43 bits per heavy atom. The molecule has 11 nitrogen and oxygen atoms in total. The van der Waals surface area contributed by atoms with E-state index in [1.165, 1.54) is 29.7 Å². The summed E-state index contributed by atoms with van der Waals surface area (Å²) >= 11 is 1.46. The summed E-state index contributed by atoms with van der Waals surface area (Å²) in [4.78, 5) is 41.4. The number of pyridine rings is 1. The van der Waals surface area contributed by atoms with Gasteiger partial charge >= 0.3 is 12.1 Å². The van der Waals surface area contributed by atoms with Crippen molar-refractivity contribution in [1.29, 1.82) is 0 Å². The zero-order valence-corrected chi connectivity index (χ0v) is 24.8. The minimum atomic E-state index is -5.08. The van der Waals surface area contributed by atoms with Crippen molar-refractivity contribution >= 4 is 54.4 Å². The average molecular weight is 648 g/mol. The van der Waals surface area contributed by atoms with E-state index in [1.807, 2.05) is 29.2 Å². The number of carbonyl (C=O) groups is 2. The molecule has 16 heteroatoms. The highest BCUT2D eigenvalue weighted by Crippen LogP contribution is 2.41. The third-order valence-electron chi connectivity index (χ3n) is 6.72. The van der Waals surface area contributed by atoms with Gasteiger partial charge < -0.3 is 19.7 Å². The molecule has 1 atom stereocenters. The second-order valence-electron chi connectivity index (χ2n) is 9.86. The molecule has 0 aliphatic carbocycles. The molecule has 44 heavy (non-hydrogen) atoms. The molecular weight excluding hydrogens is 623 g/mol. The lowest BCUT2D eigenvalue weighted by Crippen LogP contribution is -2.28. The number of aromatic amines is 1. The van der Waals surface area contributed by atoms with Gasteiger partial charge in [0.05, 0.1) is 22.0 Å². The first-order valence-electron chi connectivity index (χ1n) is 13.0. The van der Waals surface area contributed by atoms with Gasteiger partial charge in [-0.25, -0.2) is 28.2 Å². The van der Waals surface area contributed by atoms with Gasteiger partial charge in [0.1, 0.15) is 21.8 Å². The number of H-pyrrole nitrogens is 1. The molecule has 6 rings (SSSR count). The second-order valence-corrected chi connectivity index (χ2v) is 12.9. The minimum Gasteiger partial charge on any atom is -0.475 e. The van der Waals surface area contributed by atoms with E-state index < -0.39 is 22.0 Å². The summed E-state index contributed by atoms with van der Waals surface area (Å²) in [5.41, 5.74) is 3.19. The van der Waals surface area contributed by atoms with Crippen LogP contribution in [-0.4, -0.2) is 69.2 Å². The fourth-order valence-electron chi connectivity index (χ4n) is 4.72. The maximum atomic E-state index is 12.4. The van der Waals surface area contributed by atoms with E-state index in [-0.39, 0.29) is 16.8 Å². The normalized spacial score (nSPS) is 15.3. The predicted molar refractivity (Wildman–Crippen MR) is 155 cm³/mol. The van der Waals surface area contributed by atoms with Crippen molar-refractivity contribution in [3.8, 4) is 22.3 Å². The monoisotopic (exact) mass is 647 g/mol. The number of ether oxygens (including phenoxy) is 1. The van der Waals surface area contributed by atoms with Gasteiger partial charge in [-0.15, -0.1) is 0 Å². The third kappa shape index (κ3) is 6.65. The molecule has 1 unspecified atom stereocenters. The van der Waals surface area contributed by atoms with Gasteiger partial charge in [-0.1, -0.05) is 11.3 Å². The van der Waals surface area contributed by atoms with Crippen LogP contribution in [0.2, 0.25) is 0 Å². The number of hydrogen-bond acceptors (Lipinski definition) is 9. The van der Waals surface area contributed by atoms with Crippen molar-refractivity contribution in [2.45, 2.75) is 36.9 Å². The Morgan fingerprint density at radius 2 is 1.82 bits per heavy atom. The Hall–Kier alpha value is -4.57. The summed E-state index contributed by atoms with van der Waals surface area (Å²) in [5.74, 6) is -1.05. The largest absolute Gasteiger partial charge is 0.490 e. The highest BCUT2D eigenvalue weighted by atomic mass is 32.2. The Kier molecular flexibility index (Phi) is 8.31. The first-order chi connectivity index (χ1) is 20.7. The number of rotatable bonds is 5. The predicted octanol–water partition coefficient (Wildman–Crippen LogP) is 5.75. The summed E-state index contributed by atoms with van der Waals surface area (Å²) in [6.07, 6.45) is -0.456. The quantitative estimate of drug-likeness (QED) is 0.243. The van der Waals surface area contributed by atoms with Crippen LogP contribution >= 0.6 is 11.3 Å². The Bertz CT molecular complexity index is 1940. The van der Waals surface area contributed by atoms with Crippen LogP contribution in [-0.2, 0) is 19.4 Å². The van der Waals surface area contributed by atoms with Crippen molar-refractivity contribution in [2.24, 2.45) is 0 Å².